The fourth-order valence-electron chi connectivity index (χ4n) is 2.57. The highest BCUT2D eigenvalue weighted by Gasteiger charge is 2.09. The maximum Gasteiger partial charge on any atom is 0.261 e. The Hall–Kier alpha value is -2.79. The molecule has 0 fully saturated rings. The van der Waals surface area contributed by atoms with E-state index in [9.17, 15) is 9.18 Å². The predicted octanol–water partition coefficient (Wildman–Crippen LogP) is 3.27. The van der Waals surface area contributed by atoms with E-state index < -0.39 is 0 Å². The van der Waals surface area contributed by atoms with Crippen molar-refractivity contribution in [3.63, 3.8) is 0 Å². The van der Waals surface area contributed by atoms with E-state index in [0.29, 0.717) is 23.3 Å². The summed E-state index contributed by atoms with van der Waals surface area (Å²) in [5.41, 5.74) is 1.47. The van der Waals surface area contributed by atoms with E-state index in [1.54, 1.807) is 28.8 Å². The first-order valence-corrected chi connectivity index (χ1v) is 8.12. The zero-order valence-corrected chi connectivity index (χ0v) is 14.3. The molecule has 4 nitrogen and oxygen atoms in total. The van der Waals surface area contributed by atoms with Crippen LogP contribution in [-0.4, -0.2) is 35.1 Å². The van der Waals surface area contributed by atoms with Crippen LogP contribution in [0.2, 0.25) is 0 Å². The largest absolute Gasteiger partial charge is 0.308 e. The Balaban J connectivity index is 2.06. The van der Waals surface area contributed by atoms with E-state index in [1.807, 2.05) is 43.3 Å². The van der Waals surface area contributed by atoms with Crippen molar-refractivity contribution in [3.05, 3.63) is 76.1 Å². The van der Waals surface area contributed by atoms with Gasteiger partial charge in [0.2, 0.25) is 0 Å². The van der Waals surface area contributed by atoms with Gasteiger partial charge in [0.05, 0.1) is 10.9 Å². The van der Waals surface area contributed by atoms with Crippen LogP contribution in [0.4, 0.5) is 4.39 Å². The van der Waals surface area contributed by atoms with E-state index in [0.717, 1.165) is 12.1 Å². The molecule has 0 N–H and O–H groups in total. The van der Waals surface area contributed by atoms with Crippen LogP contribution in [0, 0.1) is 5.82 Å². The lowest BCUT2D eigenvalue weighted by Crippen LogP contribution is -2.29. The smallest absolute Gasteiger partial charge is 0.261 e. The molecular formula is C20H20FN3O. The number of aromatic nitrogens is 2. The minimum Gasteiger partial charge on any atom is -0.308 e. The van der Waals surface area contributed by atoms with Crippen LogP contribution in [-0.2, 0) is 6.54 Å². The molecule has 5 heteroatoms. The molecule has 0 aliphatic carbocycles. The average Bonchev–Trinajstić information content (AvgIpc) is 2.60. The molecule has 0 aliphatic rings. The van der Waals surface area contributed by atoms with E-state index in [4.69, 9.17) is 0 Å². The zero-order valence-electron chi connectivity index (χ0n) is 14.3. The highest BCUT2D eigenvalue weighted by molar-refractivity contribution is 5.79. The second-order valence-corrected chi connectivity index (χ2v) is 6.13. The molecule has 1 aromatic heterocycles. The molecule has 25 heavy (non-hydrogen) atoms. The first-order chi connectivity index (χ1) is 12.0. The third-order valence-corrected chi connectivity index (χ3v) is 3.96. The van der Waals surface area contributed by atoms with Crippen molar-refractivity contribution in [1.82, 2.24) is 14.5 Å². The van der Waals surface area contributed by atoms with Crippen LogP contribution in [0.1, 0.15) is 11.4 Å². The Morgan fingerprint density at radius 3 is 2.52 bits per heavy atom. The van der Waals surface area contributed by atoms with E-state index in [1.165, 1.54) is 12.1 Å². The van der Waals surface area contributed by atoms with Crippen LogP contribution in [0.3, 0.4) is 0 Å². The summed E-state index contributed by atoms with van der Waals surface area (Å²) in [6, 6.07) is 13.5. The molecule has 0 amide bonds. The number of halogens is 1. The van der Waals surface area contributed by atoms with Crippen LogP contribution < -0.4 is 5.56 Å². The minimum atomic E-state index is -0.274. The minimum absolute atomic E-state index is 0.0498. The third kappa shape index (κ3) is 4.00. The molecule has 3 rings (SSSR count). The van der Waals surface area contributed by atoms with Gasteiger partial charge in [-0.25, -0.2) is 9.37 Å². The maximum absolute atomic E-state index is 13.0. The Labute approximate surface area is 145 Å². The molecule has 1 heterocycles. The van der Waals surface area contributed by atoms with E-state index >= 15 is 0 Å². The van der Waals surface area contributed by atoms with Gasteiger partial charge in [-0.1, -0.05) is 30.3 Å². The first-order valence-electron chi connectivity index (χ1n) is 8.12. The molecule has 0 atom stereocenters. The van der Waals surface area contributed by atoms with Gasteiger partial charge in [0.25, 0.3) is 5.56 Å². The molecule has 0 spiro atoms. The van der Waals surface area contributed by atoms with Crippen molar-refractivity contribution in [2.75, 3.05) is 20.6 Å². The third-order valence-electron chi connectivity index (χ3n) is 3.96. The number of hydrogen-bond donors (Lipinski definition) is 0. The lowest BCUT2D eigenvalue weighted by atomic mass is 10.2. The highest BCUT2D eigenvalue weighted by Crippen LogP contribution is 2.11. The van der Waals surface area contributed by atoms with Crippen molar-refractivity contribution < 1.29 is 4.39 Å². The van der Waals surface area contributed by atoms with Gasteiger partial charge in [-0.05, 0) is 50.0 Å². The second-order valence-electron chi connectivity index (χ2n) is 6.13. The Kier molecular flexibility index (Phi) is 5.05. The van der Waals surface area contributed by atoms with Crippen molar-refractivity contribution >= 4 is 23.1 Å². The first kappa shape index (κ1) is 17.0. The summed E-state index contributed by atoms with van der Waals surface area (Å²) >= 11 is 0. The fourth-order valence-corrected chi connectivity index (χ4v) is 2.57. The van der Waals surface area contributed by atoms with Gasteiger partial charge < -0.3 is 4.90 Å². The molecule has 128 valence electrons. The summed E-state index contributed by atoms with van der Waals surface area (Å²) in [6.45, 7) is 1.28. The highest BCUT2D eigenvalue weighted by atomic mass is 19.1. The van der Waals surface area contributed by atoms with Gasteiger partial charge >= 0.3 is 0 Å². The number of benzene rings is 2. The van der Waals surface area contributed by atoms with Crippen molar-refractivity contribution in [3.8, 4) is 0 Å². The van der Waals surface area contributed by atoms with Crippen molar-refractivity contribution in [2.24, 2.45) is 0 Å². The molecule has 0 saturated carbocycles. The van der Waals surface area contributed by atoms with Crippen molar-refractivity contribution in [1.29, 1.82) is 0 Å². The SMILES string of the molecule is CN(C)CCn1c(/C=C/c2ccc(F)cc2)nc2ccccc2c1=O. The number of fused-ring (bicyclic) bond motifs is 1. The number of nitrogens with zero attached hydrogens (tertiary/aromatic N) is 3. The monoisotopic (exact) mass is 337 g/mol. The van der Waals surface area contributed by atoms with Crippen LogP contribution in [0.5, 0.6) is 0 Å². The lowest BCUT2D eigenvalue weighted by Gasteiger charge is -2.14. The summed E-state index contributed by atoms with van der Waals surface area (Å²) in [4.78, 5) is 19.5. The maximum atomic E-state index is 13.0. The number of likely N-dealkylation sites (N-methyl/N-ethyl adjacent to an activating group) is 1. The summed E-state index contributed by atoms with van der Waals surface area (Å²) in [5.74, 6) is 0.318. The number of hydrogen-bond acceptors (Lipinski definition) is 3. The quantitative estimate of drug-likeness (QED) is 0.717. The van der Waals surface area contributed by atoms with Crippen LogP contribution in [0.25, 0.3) is 23.1 Å². The van der Waals surface area contributed by atoms with Gasteiger partial charge in [0.15, 0.2) is 0 Å². The molecule has 0 aliphatic heterocycles. The van der Waals surface area contributed by atoms with Gasteiger partial charge in [-0.15, -0.1) is 0 Å². The number of para-hydroxylation sites is 1. The van der Waals surface area contributed by atoms with Crippen molar-refractivity contribution in [2.45, 2.75) is 6.54 Å². The predicted molar refractivity (Wildman–Crippen MR) is 99.9 cm³/mol. The lowest BCUT2D eigenvalue weighted by molar-refractivity contribution is 0.379. The van der Waals surface area contributed by atoms with Crippen LogP contribution in [0.15, 0.2) is 53.3 Å². The molecule has 0 bridgehead atoms. The topological polar surface area (TPSA) is 38.1 Å². The van der Waals surface area contributed by atoms with Gasteiger partial charge in [0, 0.05) is 13.1 Å². The standard InChI is InChI=1S/C20H20FN3O/c1-23(2)13-14-24-19(12-9-15-7-10-16(21)11-8-15)22-18-6-4-3-5-17(18)20(24)25/h3-12H,13-14H2,1-2H3/b12-9+. The summed E-state index contributed by atoms with van der Waals surface area (Å²) in [6.07, 6.45) is 3.64. The Bertz CT molecular complexity index is 959. The Morgan fingerprint density at radius 1 is 1.08 bits per heavy atom. The normalized spacial score (nSPS) is 11.7. The van der Waals surface area contributed by atoms with E-state index in [-0.39, 0.29) is 11.4 Å². The molecule has 0 radical (unpaired) electrons. The summed E-state index contributed by atoms with van der Waals surface area (Å²) < 4.78 is 14.7. The van der Waals surface area contributed by atoms with E-state index in [2.05, 4.69) is 4.98 Å². The second kappa shape index (κ2) is 7.40. The summed E-state index contributed by atoms with van der Waals surface area (Å²) in [5, 5.41) is 0.611. The summed E-state index contributed by atoms with van der Waals surface area (Å²) in [7, 11) is 3.93. The molecule has 0 unspecified atom stereocenters. The molecule has 3 aromatic rings. The molecular weight excluding hydrogens is 317 g/mol. The van der Waals surface area contributed by atoms with Gasteiger partial charge in [-0.2, -0.15) is 0 Å². The van der Waals surface area contributed by atoms with Crippen LogP contribution >= 0.6 is 0 Å². The number of rotatable bonds is 5. The average molecular weight is 337 g/mol. The van der Waals surface area contributed by atoms with Gasteiger partial charge in [0.1, 0.15) is 11.6 Å². The van der Waals surface area contributed by atoms with Gasteiger partial charge in [-0.3, -0.25) is 9.36 Å². The fraction of sp³-hybridized carbons (Fsp3) is 0.200. The Morgan fingerprint density at radius 2 is 1.80 bits per heavy atom. The molecule has 0 saturated heterocycles. The molecule has 2 aromatic carbocycles. The zero-order chi connectivity index (χ0) is 17.8.